The highest BCUT2D eigenvalue weighted by Crippen LogP contribution is 2.39. The SMILES string of the molecule is NCc1ncccc1-n1ccc(C2CC2)n1. The van der Waals surface area contributed by atoms with Gasteiger partial charge in [0.15, 0.2) is 0 Å². The van der Waals surface area contributed by atoms with Crippen LogP contribution in [0.5, 0.6) is 0 Å². The largest absolute Gasteiger partial charge is 0.325 e. The summed E-state index contributed by atoms with van der Waals surface area (Å²) in [7, 11) is 0. The summed E-state index contributed by atoms with van der Waals surface area (Å²) in [5.74, 6) is 0.680. The number of rotatable bonds is 3. The minimum atomic E-state index is 0.439. The molecule has 1 fully saturated rings. The Morgan fingerprint density at radius 2 is 2.25 bits per heavy atom. The van der Waals surface area contributed by atoms with Crippen molar-refractivity contribution in [1.29, 1.82) is 0 Å². The van der Waals surface area contributed by atoms with Crippen LogP contribution in [-0.4, -0.2) is 14.8 Å². The minimum Gasteiger partial charge on any atom is -0.325 e. The van der Waals surface area contributed by atoms with Crippen molar-refractivity contribution in [3.05, 3.63) is 42.0 Å². The maximum absolute atomic E-state index is 5.66. The van der Waals surface area contributed by atoms with E-state index in [4.69, 9.17) is 5.73 Å². The van der Waals surface area contributed by atoms with Crippen LogP contribution in [-0.2, 0) is 6.54 Å². The molecule has 16 heavy (non-hydrogen) atoms. The number of hydrogen-bond acceptors (Lipinski definition) is 3. The molecule has 0 aromatic carbocycles. The maximum atomic E-state index is 5.66. The molecule has 0 amide bonds. The van der Waals surface area contributed by atoms with E-state index in [0.29, 0.717) is 12.5 Å². The van der Waals surface area contributed by atoms with Gasteiger partial charge in [-0.3, -0.25) is 4.98 Å². The van der Waals surface area contributed by atoms with Gasteiger partial charge in [0.2, 0.25) is 0 Å². The molecule has 1 aliphatic carbocycles. The van der Waals surface area contributed by atoms with Crippen LogP contribution in [0.4, 0.5) is 0 Å². The van der Waals surface area contributed by atoms with Gasteiger partial charge in [-0.05, 0) is 31.0 Å². The van der Waals surface area contributed by atoms with Crippen LogP contribution in [0.1, 0.15) is 30.1 Å². The molecule has 0 radical (unpaired) electrons. The van der Waals surface area contributed by atoms with Gasteiger partial charge in [-0.1, -0.05) is 0 Å². The quantitative estimate of drug-likeness (QED) is 0.844. The first-order chi connectivity index (χ1) is 7.88. The maximum Gasteiger partial charge on any atom is 0.0874 e. The molecule has 0 saturated heterocycles. The van der Waals surface area contributed by atoms with Crippen molar-refractivity contribution in [2.45, 2.75) is 25.3 Å². The lowest BCUT2D eigenvalue weighted by molar-refractivity contribution is 0.810. The molecular weight excluding hydrogens is 200 g/mol. The summed E-state index contributed by atoms with van der Waals surface area (Å²) in [4.78, 5) is 4.26. The molecule has 3 rings (SSSR count). The summed E-state index contributed by atoms with van der Waals surface area (Å²) in [6.45, 7) is 0.439. The smallest absolute Gasteiger partial charge is 0.0874 e. The van der Waals surface area contributed by atoms with Crippen LogP contribution >= 0.6 is 0 Å². The molecule has 0 unspecified atom stereocenters. The molecular formula is C12H14N4. The van der Waals surface area contributed by atoms with E-state index in [0.717, 1.165) is 11.4 Å². The van der Waals surface area contributed by atoms with Gasteiger partial charge in [-0.15, -0.1) is 0 Å². The molecule has 2 aromatic heterocycles. The molecule has 0 spiro atoms. The van der Waals surface area contributed by atoms with E-state index in [1.165, 1.54) is 18.5 Å². The third-order valence-corrected chi connectivity index (χ3v) is 2.91. The van der Waals surface area contributed by atoms with Crippen LogP contribution < -0.4 is 5.73 Å². The van der Waals surface area contributed by atoms with Gasteiger partial charge in [0.1, 0.15) is 0 Å². The van der Waals surface area contributed by atoms with Crippen molar-refractivity contribution in [3.8, 4) is 5.69 Å². The van der Waals surface area contributed by atoms with Crippen LogP contribution in [0.15, 0.2) is 30.6 Å². The first-order valence-corrected chi connectivity index (χ1v) is 5.58. The molecule has 1 saturated carbocycles. The van der Waals surface area contributed by atoms with Gasteiger partial charge in [0, 0.05) is 24.9 Å². The molecule has 0 atom stereocenters. The third-order valence-electron chi connectivity index (χ3n) is 2.91. The van der Waals surface area contributed by atoms with Gasteiger partial charge in [-0.2, -0.15) is 5.10 Å². The summed E-state index contributed by atoms with van der Waals surface area (Å²) >= 11 is 0. The predicted molar refractivity (Wildman–Crippen MR) is 61.2 cm³/mol. The summed E-state index contributed by atoms with van der Waals surface area (Å²) in [6, 6.07) is 6.00. The summed E-state index contributed by atoms with van der Waals surface area (Å²) < 4.78 is 1.88. The lowest BCUT2D eigenvalue weighted by atomic mass is 10.3. The van der Waals surface area contributed by atoms with E-state index >= 15 is 0 Å². The normalized spacial score (nSPS) is 15.3. The van der Waals surface area contributed by atoms with Crippen LogP contribution in [0.3, 0.4) is 0 Å². The van der Waals surface area contributed by atoms with Crippen molar-refractivity contribution >= 4 is 0 Å². The van der Waals surface area contributed by atoms with E-state index in [9.17, 15) is 0 Å². The number of nitrogens with two attached hydrogens (primary N) is 1. The van der Waals surface area contributed by atoms with E-state index in [2.05, 4.69) is 16.1 Å². The lowest BCUT2D eigenvalue weighted by Crippen LogP contribution is -2.07. The molecule has 2 aromatic rings. The number of pyridine rings is 1. The van der Waals surface area contributed by atoms with Gasteiger partial charge in [0.25, 0.3) is 0 Å². The number of aromatic nitrogens is 3. The van der Waals surface area contributed by atoms with Gasteiger partial charge >= 0.3 is 0 Å². The average molecular weight is 214 g/mol. The fourth-order valence-electron chi connectivity index (χ4n) is 1.86. The van der Waals surface area contributed by atoms with Crippen LogP contribution in [0, 0.1) is 0 Å². The second-order valence-corrected chi connectivity index (χ2v) is 4.13. The molecule has 82 valence electrons. The zero-order valence-corrected chi connectivity index (χ0v) is 9.00. The second-order valence-electron chi connectivity index (χ2n) is 4.13. The molecule has 0 aliphatic heterocycles. The van der Waals surface area contributed by atoms with Crippen LogP contribution in [0.2, 0.25) is 0 Å². The Morgan fingerprint density at radius 1 is 1.38 bits per heavy atom. The van der Waals surface area contributed by atoms with E-state index in [1.54, 1.807) is 6.20 Å². The molecule has 0 bridgehead atoms. The average Bonchev–Trinajstić information content (AvgIpc) is 3.07. The predicted octanol–water partition coefficient (Wildman–Crippen LogP) is 1.60. The lowest BCUT2D eigenvalue weighted by Gasteiger charge is -2.05. The fourth-order valence-corrected chi connectivity index (χ4v) is 1.86. The summed E-state index contributed by atoms with van der Waals surface area (Å²) in [5, 5.41) is 4.57. The minimum absolute atomic E-state index is 0.439. The monoisotopic (exact) mass is 214 g/mol. The fraction of sp³-hybridized carbons (Fsp3) is 0.333. The van der Waals surface area contributed by atoms with E-state index in [1.807, 2.05) is 23.0 Å². The Kier molecular flexibility index (Phi) is 2.22. The molecule has 1 aliphatic rings. The Balaban J connectivity index is 2.00. The zero-order chi connectivity index (χ0) is 11.0. The van der Waals surface area contributed by atoms with Crippen molar-refractivity contribution in [1.82, 2.24) is 14.8 Å². The molecule has 4 heteroatoms. The first kappa shape index (κ1) is 9.54. The Labute approximate surface area is 94.1 Å². The highest BCUT2D eigenvalue weighted by atomic mass is 15.3. The van der Waals surface area contributed by atoms with Gasteiger partial charge < -0.3 is 5.73 Å². The highest BCUT2D eigenvalue weighted by Gasteiger charge is 2.26. The first-order valence-electron chi connectivity index (χ1n) is 5.58. The summed E-state index contributed by atoms with van der Waals surface area (Å²) in [5.41, 5.74) is 8.72. The third kappa shape index (κ3) is 1.61. The number of hydrogen-bond donors (Lipinski definition) is 1. The van der Waals surface area contributed by atoms with Crippen molar-refractivity contribution < 1.29 is 0 Å². The second kappa shape index (κ2) is 3.72. The van der Waals surface area contributed by atoms with E-state index < -0.39 is 0 Å². The van der Waals surface area contributed by atoms with Crippen molar-refractivity contribution in [2.24, 2.45) is 5.73 Å². The zero-order valence-electron chi connectivity index (χ0n) is 9.00. The standard InChI is InChI=1S/C12H14N4/c13-8-11-12(2-1-6-14-11)16-7-5-10(15-16)9-3-4-9/h1-2,5-7,9H,3-4,8,13H2. The highest BCUT2D eigenvalue weighted by molar-refractivity contribution is 5.35. The number of nitrogens with zero attached hydrogens (tertiary/aromatic N) is 3. The Bertz CT molecular complexity index is 499. The van der Waals surface area contributed by atoms with Gasteiger partial charge in [0.05, 0.1) is 17.1 Å². The van der Waals surface area contributed by atoms with E-state index in [-0.39, 0.29) is 0 Å². The van der Waals surface area contributed by atoms with Crippen molar-refractivity contribution in [3.63, 3.8) is 0 Å². The van der Waals surface area contributed by atoms with Crippen LogP contribution in [0.25, 0.3) is 5.69 Å². The summed E-state index contributed by atoms with van der Waals surface area (Å²) in [6.07, 6.45) is 6.29. The molecule has 2 heterocycles. The molecule has 4 nitrogen and oxygen atoms in total. The van der Waals surface area contributed by atoms with Crippen molar-refractivity contribution in [2.75, 3.05) is 0 Å². The Morgan fingerprint density at radius 3 is 3.00 bits per heavy atom. The van der Waals surface area contributed by atoms with Gasteiger partial charge in [-0.25, -0.2) is 4.68 Å². The topological polar surface area (TPSA) is 56.7 Å². The molecule has 2 N–H and O–H groups in total. The Hall–Kier alpha value is -1.68.